The minimum atomic E-state index is -0.488. The van der Waals surface area contributed by atoms with Crippen LogP contribution in [0.5, 0.6) is 5.75 Å². The molecule has 1 N–H and O–H groups in total. The van der Waals surface area contributed by atoms with Crippen molar-refractivity contribution in [2.45, 2.75) is 6.92 Å². The second-order valence-electron chi connectivity index (χ2n) is 6.32. The number of hydrogen-bond acceptors (Lipinski definition) is 4. The van der Waals surface area contributed by atoms with Gasteiger partial charge in [-0.15, -0.1) is 0 Å². The van der Waals surface area contributed by atoms with Crippen LogP contribution in [-0.2, 0) is 4.79 Å². The van der Waals surface area contributed by atoms with Gasteiger partial charge in [-0.3, -0.25) is 4.79 Å². The van der Waals surface area contributed by atoms with Gasteiger partial charge in [-0.25, -0.2) is 4.79 Å². The number of carbonyl (C=O) groups is 2. The van der Waals surface area contributed by atoms with Gasteiger partial charge in [-0.05, 0) is 60.5 Å². The van der Waals surface area contributed by atoms with Crippen LogP contribution in [0.2, 0.25) is 0 Å². The number of hydrogen-bond donors (Lipinski definition) is 1. The number of nitriles is 1. The van der Waals surface area contributed by atoms with Gasteiger partial charge in [-0.2, -0.15) is 5.26 Å². The summed E-state index contributed by atoms with van der Waals surface area (Å²) >= 11 is 0. The van der Waals surface area contributed by atoms with Gasteiger partial charge in [-0.1, -0.05) is 42.5 Å². The van der Waals surface area contributed by atoms with E-state index in [0.29, 0.717) is 22.6 Å². The average Bonchev–Trinajstić information content (AvgIpc) is 2.73. The van der Waals surface area contributed by atoms with Gasteiger partial charge >= 0.3 is 5.97 Å². The average molecular weight is 382 g/mol. The van der Waals surface area contributed by atoms with Gasteiger partial charge in [0, 0.05) is 5.69 Å². The molecule has 0 saturated heterocycles. The smallest absolute Gasteiger partial charge is 0.343 e. The molecule has 0 aliphatic heterocycles. The molecule has 0 fully saturated rings. The van der Waals surface area contributed by atoms with E-state index < -0.39 is 11.9 Å². The number of benzene rings is 3. The molecule has 0 saturated carbocycles. The van der Waals surface area contributed by atoms with Gasteiger partial charge < -0.3 is 10.1 Å². The number of esters is 1. The molecule has 0 aliphatic carbocycles. The van der Waals surface area contributed by atoms with Crippen molar-refractivity contribution >= 4 is 23.6 Å². The lowest BCUT2D eigenvalue weighted by Gasteiger charge is -2.06. The molecule has 0 aromatic heterocycles. The summed E-state index contributed by atoms with van der Waals surface area (Å²) in [7, 11) is 0. The van der Waals surface area contributed by atoms with Crippen LogP contribution in [0, 0.1) is 18.3 Å². The molecule has 0 spiro atoms. The molecule has 29 heavy (non-hydrogen) atoms. The van der Waals surface area contributed by atoms with Crippen LogP contribution in [-0.4, -0.2) is 11.9 Å². The molecule has 142 valence electrons. The van der Waals surface area contributed by atoms with Crippen molar-refractivity contribution in [1.82, 2.24) is 0 Å². The number of carbonyl (C=O) groups excluding carboxylic acids is 2. The van der Waals surface area contributed by atoms with E-state index in [1.807, 2.05) is 37.3 Å². The molecule has 0 bridgehead atoms. The molecule has 0 unspecified atom stereocenters. The highest BCUT2D eigenvalue weighted by molar-refractivity contribution is 6.09. The quantitative estimate of drug-likeness (QED) is 0.299. The molecule has 0 aliphatic rings. The van der Waals surface area contributed by atoms with Crippen molar-refractivity contribution in [3.63, 3.8) is 0 Å². The SMILES string of the molecule is Cc1cccc(NC(=O)C(C#N)=Cc2ccc(OC(=O)c3ccccc3)cc2)c1. The standard InChI is InChI=1S/C24H18N2O3/c1-17-6-5-9-21(14-17)26-23(27)20(16-25)15-18-10-12-22(13-11-18)29-24(28)19-7-3-2-4-8-19/h2-15H,1H3,(H,26,27). The van der Waals surface area contributed by atoms with E-state index in [1.54, 1.807) is 54.6 Å². The Balaban J connectivity index is 1.69. The molecule has 3 aromatic carbocycles. The zero-order valence-electron chi connectivity index (χ0n) is 15.8. The lowest BCUT2D eigenvalue weighted by atomic mass is 10.1. The Hall–Kier alpha value is -4.17. The van der Waals surface area contributed by atoms with E-state index >= 15 is 0 Å². The van der Waals surface area contributed by atoms with Crippen molar-refractivity contribution < 1.29 is 14.3 Å². The summed E-state index contributed by atoms with van der Waals surface area (Å²) in [6.45, 7) is 1.92. The largest absolute Gasteiger partial charge is 0.423 e. The van der Waals surface area contributed by atoms with E-state index in [0.717, 1.165) is 5.56 Å². The Labute approximate surface area is 168 Å². The van der Waals surface area contributed by atoms with Crippen LogP contribution in [0.25, 0.3) is 6.08 Å². The summed E-state index contributed by atoms with van der Waals surface area (Å²) in [5.41, 5.74) is 2.70. The fraction of sp³-hybridized carbons (Fsp3) is 0.0417. The molecular formula is C24H18N2O3. The maximum Gasteiger partial charge on any atom is 0.343 e. The Morgan fingerprint density at radius 3 is 2.34 bits per heavy atom. The highest BCUT2D eigenvalue weighted by Gasteiger charge is 2.11. The molecule has 0 radical (unpaired) electrons. The fourth-order valence-corrected chi connectivity index (χ4v) is 2.61. The summed E-state index contributed by atoms with van der Waals surface area (Å²) < 4.78 is 5.32. The Bertz CT molecular complexity index is 1090. The first-order chi connectivity index (χ1) is 14.0. The van der Waals surface area contributed by atoms with Crippen LogP contribution in [0.1, 0.15) is 21.5 Å². The third-order valence-corrected chi connectivity index (χ3v) is 4.05. The normalized spacial score (nSPS) is 10.7. The molecule has 0 atom stereocenters. The predicted molar refractivity (Wildman–Crippen MR) is 111 cm³/mol. The molecule has 3 rings (SSSR count). The van der Waals surface area contributed by atoms with Crippen LogP contribution in [0.3, 0.4) is 0 Å². The first-order valence-electron chi connectivity index (χ1n) is 8.92. The van der Waals surface area contributed by atoms with Crippen LogP contribution >= 0.6 is 0 Å². The summed E-state index contributed by atoms with van der Waals surface area (Å²) in [4.78, 5) is 24.4. The Morgan fingerprint density at radius 2 is 1.69 bits per heavy atom. The monoisotopic (exact) mass is 382 g/mol. The first-order valence-corrected chi connectivity index (χ1v) is 8.92. The van der Waals surface area contributed by atoms with Gasteiger partial charge in [0.1, 0.15) is 17.4 Å². The van der Waals surface area contributed by atoms with Crippen LogP contribution in [0.15, 0.2) is 84.4 Å². The van der Waals surface area contributed by atoms with Gasteiger partial charge in [0.15, 0.2) is 0 Å². The Morgan fingerprint density at radius 1 is 0.966 bits per heavy atom. The van der Waals surface area contributed by atoms with E-state index in [9.17, 15) is 14.9 Å². The first kappa shape index (κ1) is 19.6. The molecule has 5 nitrogen and oxygen atoms in total. The highest BCUT2D eigenvalue weighted by atomic mass is 16.5. The number of nitrogens with zero attached hydrogens (tertiary/aromatic N) is 1. The molecule has 3 aromatic rings. The summed E-state index contributed by atoms with van der Waals surface area (Å²) in [6.07, 6.45) is 1.48. The minimum Gasteiger partial charge on any atom is -0.423 e. The maximum absolute atomic E-state index is 12.4. The third-order valence-electron chi connectivity index (χ3n) is 4.05. The number of anilines is 1. The van der Waals surface area contributed by atoms with Crippen molar-refractivity contribution in [3.8, 4) is 11.8 Å². The van der Waals surface area contributed by atoms with E-state index in [1.165, 1.54) is 6.08 Å². The number of amides is 1. The zero-order chi connectivity index (χ0) is 20.6. The lowest BCUT2D eigenvalue weighted by molar-refractivity contribution is -0.112. The zero-order valence-corrected chi connectivity index (χ0v) is 15.8. The van der Waals surface area contributed by atoms with Crippen LogP contribution < -0.4 is 10.1 Å². The summed E-state index contributed by atoms with van der Waals surface area (Å²) in [6, 6.07) is 24.5. The van der Waals surface area contributed by atoms with Crippen molar-refractivity contribution in [2.75, 3.05) is 5.32 Å². The maximum atomic E-state index is 12.4. The van der Waals surface area contributed by atoms with Crippen molar-refractivity contribution in [1.29, 1.82) is 5.26 Å². The van der Waals surface area contributed by atoms with Gasteiger partial charge in [0.25, 0.3) is 5.91 Å². The number of aryl methyl sites for hydroxylation is 1. The molecule has 1 amide bonds. The van der Waals surface area contributed by atoms with E-state index in [4.69, 9.17) is 4.74 Å². The predicted octanol–water partition coefficient (Wildman–Crippen LogP) is 4.76. The number of rotatable bonds is 5. The second kappa shape index (κ2) is 9.16. The molecular weight excluding hydrogens is 364 g/mol. The van der Waals surface area contributed by atoms with E-state index in [2.05, 4.69) is 5.32 Å². The highest BCUT2D eigenvalue weighted by Crippen LogP contribution is 2.17. The van der Waals surface area contributed by atoms with Crippen molar-refractivity contribution in [3.05, 3.63) is 101 Å². The Kier molecular flexibility index (Phi) is 6.18. The topological polar surface area (TPSA) is 79.2 Å². The van der Waals surface area contributed by atoms with Crippen LogP contribution in [0.4, 0.5) is 5.69 Å². The van der Waals surface area contributed by atoms with Crippen molar-refractivity contribution in [2.24, 2.45) is 0 Å². The summed E-state index contributed by atoms with van der Waals surface area (Å²) in [5.74, 6) is -0.569. The minimum absolute atomic E-state index is 0.0273. The van der Waals surface area contributed by atoms with E-state index in [-0.39, 0.29) is 5.57 Å². The molecule has 0 heterocycles. The fourth-order valence-electron chi connectivity index (χ4n) is 2.61. The molecule has 5 heteroatoms. The van der Waals surface area contributed by atoms with Gasteiger partial charge in [0.05, 0.1) is 5.56 Å². The number of nitrogens with one attached hydrogen (secondary N) is 1. The van der Waals surface area contributed by atoms with Gasteiger partial charge in [0.2, 0.25) is 0 Å². The lowest BCUT2D eigenvalue weighted by Crippen LogP contribution is -2.13. The third kappa shape index (κ3) is 5.41. The number of ether oxygens (including phenoxy) is 1. The second-order valence-corrected chi connectivity index (χ2v) is 6.32. The summed E-state index contributed by atoms with van der Waals surface area (Å²) in [5, 5.41) is 12.1.